The molecular formula is C20H19F4N5O3S. The number of carbonyl (C=O) groups is 2. The Balaban J connectivity index is 1.94. The molecule has 0 unspecified atom stereocenters. The molecule has 33 heavy (non-hydrogen) atoms. The van der Waals surface area contributed by atoms with E-state index in [0.29, 0.717) is 11.3 Å². The minimum absolute atomic E-state index is 0.0792. The number of ether oxygens (including phenoxy) is 1. The molecule has 13 heteroatoms. The summed E-state index contributed by atoms with van der Waals surface area (Å²) in [6.07, 6.45) is -1.24. The van der Waals surface area contributed by atoms with Crippen LogP contribution in [0.4, 0.5) is 33.0 Å². The van der Waals surface area contributed by atoms with Crippen LogP contribution in [0.5, 0.6) is 0 Å². The highest BCUT2D eigenvalue weighted by molar-refractivity contribution is 7.19. The third-order valence-electron chi connectivity index (χ3n) is 3.85. The molecule has 3 rings (SSSR count). The summed E-state index contributed by atoms with van der Waals surface area (Å²) in [5.41, 5.74) is -1.60. The smallest absolute Gasteiger partial charge is 0.412 e. The molecule has 8 nitrogen and oxygen atoms in total. The number of alkyl halides is 2. The first-order valence-corrected chi connectivity index (χ1v) is 10.3. The zero-order valence-electron chi connectivity index (χ0n) is 17.7. The molecule has 1 aromatic carbocycles. The lowest BCUT2D eigenvalue weighted by atomic mass is 10.2. The third-order valence-corrected chi connectivity index (χ3v) is 4.84. The summed E-state index contributed by atoms with van der Waals surface area (Å²) in [5.74, 6) is -2.68. The van der Waals surface area contributed by atoms with E-state index in [0.717, 1.165) is 23.0 Å². The van der Waals surface area contributed by atoms with Crippen molar-refractivity contribution in [1.82, 2.24) is 14.8 Å². The second-order valence-electron chi connectivity index (χ2n) is 7.72. The normalized spacial score (nSPS) is 11.5. The van der Waals surface area contributed by atoms with Gasteiger partial charge in [-0.1, -0.05) is 17.4 Å². The minimum Gasteiger partial charge on any atom is -0.444 e. The number of amides is 2. The SMILES string of the molecule is CC(C)(C)OC(=O)Nc1sc(-c2c(F)cccc2F)nc1C(=O)Nc1cnn(CC(F)F)c1. The van der Waals surface area contributed by atoms with Crippen LogP contribution in [-0.2, 0) is 11.3 Å². The van der Waals surface area contributed by atoms with E-state index in [2.05, 4.69) is 20.7 Å². The van der Waals surface area contributed by atoms with Crippen molar-refractivity contribution in [2.24, 2.45) is 0 Å². The van der Waals surface area contributed by atoms with E-state index in [-0.39, 0.29) is 21.4 Å². The Bertz CT molecular complexity index is 1150. The maximum atomic E-state index is 14.3. The summed E-state index contributed by atoms with van der Waals surface area (Å²) in [4.78, 5) is 29.1. The number of halogens is 4. The molecule has 0 aliphatic heterocycles. The summed E-state index contributed by atoms with van der Waals surface area (Å²) in [5, 5.41) is 8.15. The predicted octanol–water partition coefficient (Wildman–Crippen LogP) is 5.15. The lowest BCUT2D eigenvalue weighted by Gasteiger charge is -2.19. The van der Waals surface area contributed by atoms with Crippen molar-refractivity contribution in [2.45, 2.75) is 39.3 Å². The van der Waals surface area contributed by atoms with E-state index in [1.165, 1.54) is 12.3 Å². The average molecular weight is 485 g/mol. The first-order valence-electron chi connectivity index (χ1n) is 9.50. The highest BCUT2D eigenvalue weighted by Crippen LogP contribution is 2.35. The zero-order chi connectivity index (χ0) is 24.3. The fourth-order valence-corrected chi connectivity index (χ4v) is 3.62. The number of aromatic nitrogens is 3. The molecule has 2 aromatic heterocycles. The van der Waals surface area contributed by atoms with Gasteiger partial charge >= 0.3 is 6.09 Å². The number of hydrogen-bond donors (Lipinski definition) is 2. The van der Waals surface area contributed by atoms with Crippen molar-refractivity contribution in [3.8, 4) is 10.6 Å². The zero-order valence-corrected chi connectivity index (χ0v) is 18.5. The Labute approximate surface area is 189 Å². The highest BCUT2D eigenvalue weighted by atomic mass is 32.1. The van der Waals surface area contributed by atoms with Gasteiger partial charge in [-0.15, -0.1) is 0 Å². The molecule has 0 aliphatic carbocycles. The highest BCUT2D eigenvalue weighted by Gasteiger charge is 2.26. The van der Waals surface area contributed by atoms with Crippen molar-refractivity contribution in [3.05, 3.63) is 47.9 Å². The van der Waals surface area contributed by atoms with Crippen LogP contribution in [-0.4, -0.2) is 38.8 Å². The van der Waals surface area contributed by atoms with Crippen molar-refractivity contribution in [3.63, 3.8) is 0 Å². The van der Waals surface area contributed by atoms with Crippen LogP contribution in [0.25, 0.3) is 10.6 Å². The van der Waals surface area contributed by atoms with Crippen LogP contribution in [0, 0.1) is 11.6 Å². The van der Waals surface area contributed by atoms with Crippen molar-refractivity contribution >= 4 is 34.0 Å². The number of nitrogens with one attached hydrogen (secondary N) is 2. The Morgan fingerprint density at radius 3 is 2.45 bits per heavy atom. The van der Waals surface area contributed by atoms with Gasteiger partial charge in [0.05, 0.1) is 17.4 Å². The number of nitrogens with zero attached hydrogens (tertiary/aromatic N) is 3. The van der Waals surface area contributed by atoms with Gasteiger partial charge in [-0.05, 0) is 32.9 Å². The molecule has 0 atom stereocenters. The molecule has 0 saturated carbocycles. The summed E-state index contributed by atoms with van der Waals surface area (Å²) >= 11 is 0.664. The molecule has 0 fully saturated rings. The molecule has 0 saturated heterocycles. The second kappa shape index (κ2) is 9.57. The number of anilines is 2. The van der Waals surface area contributed by atoms with E-state index < -0.39 is 47.8 Å². The molecule has 176 valence electrons. The van der Waals surface area contributed by atoms with Gasteiger partial charge in [0.25, 0.3) is 12.3 Å². The average Bonchev–Trinajstić information content (AvgIpc) is 3.26. The predicted molar refractivity (Wildman–Crippen MR) is 114 cm³/mol. The van der Waals surface area contributed by atoms with Gasteiger partial charge in [0.15, 0.2) is 5.69 Å². The first kappa shape index (κ1) is 24.2. The number of rotatable bonds is 6. The first-order chi connectivity index (χ1) is 15.4. The molecule has 0 aliphatic rings. The maximum Gasteiger partial charge on any atom is 0.412 e. The summed E-state index contributed by atoms with van der Waals surface area (Å²) in [6.45, 7) is 4.22. The lowest BCUT2D eigenvalue weighted by molar-refractivity contribution is 0.0636. The second-order valence-corrected chi connectivity index (χ2v) is 8.72. The monoisotopic (exact) mass is 485 g/mol. The number of carbonyl (C=O) groups excluding carboxylic acids is 2. The molecule has 2 heterocycles. The van der Waals surface area contributed by atoms with Gasteiger partial charge < -0.3 is 10.1 Å². The van der Waals surface area contributed by atoms with Crippen LogP contribution in [0.2, 0.25) is 0 Å². The molecule has 0 spiro atoms. The number of benzene rings is 1. The molecule has 3 aromatic rings. The van der Waals surface area contributed by atoms with Gasteiger partial charge in [0, 0.05) is 6.20 Å². The molecule has 2 N–H and O–H groups in total. The fraction of sp³-hybridized carbons (Fsp3) is 0.300. The van der Waals surface area contributed by atoms with E-state index in [4.69, 9.17) is 4.74 Å². The summed E-state index contributed by atoms with van der Waals surface area (Å²) in [6, 6.07) is 3.22. The van der Waals surface area contributed by atoms with E-state index in [9.17, 15) is 27.2 Å². The number of thiazole rings is 1. The quantitative estimate of drug-likeness (QED) is 0.471. The number of hydrogen-bond acceptors (Lipinski definition) is 6. The maximum absolute atomic E-state index is 14.3. The fourth-order valence-electron chi connectivity index (χ4n) is 2.62. The van der Waals surface area contributed by atoms with E-state index in [1.807, 2.05) is 0 Å². The van der Waals surface area contributed by atoms with Crippen molar-refractivity contribution in [1.29, 1.82) is 0 Å². The lowest BCUT2D eigenvalue weighted by Crippen LogP contribution is -2.27. The van der Waals surface area contributed by atoms with Crippen molar-refractivity contribution in [2.75, 3.05) is 10.6 Å². The largest absolute Gasteiger partial charge is 0.444 e. The molecule has 0 bridgehead atoms. The molecule has 2 amide bonds. The topological polar surface area (TPSA) is 98.1 Å². The van der Waals surface area contributed by atoms with E-state index >= 15 is 0 Å². The van der Waals surface area contributed by atoms with Crippen LogP contribution in [0.15, 0.2) is 30.6 Å². The Kier molecular flexibility index (Phi) is 7.01. The minimum atomic E-state index is -2.64. The Morgan fingerprint density at radius 2 is 1.85 bits per heavy atom. The standard InChI is InChI=1S/C20H19F4N5O3S/c1-20(2,3)32-19(31)28-18-15(16(30)26-10-7-25-29(8-10)9-13(23)24)27-17(33-18)14-11(21)5-4-6-12(14)22/h4-8,13H,9H2,1-3H3,(H,26,30)(H,28,31). The Morgan fingerprint density at radius 1 is 1.18 bits per heavy atom. The van der Waals surface area contributed by atoms with Crippen LogP contribution < -0.4 is 10.6 Å². The third kappa shape index (κ3) is 6.28. The van der Waals surface area contributed by atoms with Gasteiger partial charge in [0.1, 0.15) is 33.8 Å². The van der Waals surface area contributed by atoms with Gasteiger partial charge in [-0.2, -0.15) is 5.10 Å². The van der Waals surface area contributed by atoms with Crippen molar-refractivity contribution < 1.29 is 31.9 Å². The Hall–Kier alpha value is -3.48. The summed E-state index contributed by atoms with van der Waals surface area (Å²) in [7, 11) is 0. The van der Waals surface area contributed by atoms with Crippen LogP contribution in [0.1, 0.15) is 31.3 Å². The summed E-state index contributed by atoms with van der Waals surface area (Å²) < 4.78 is 59.6. The van der Waals surface area contributed by atoms with Gasteiger partial charge in [-0.3, -0.25) is 14.8 Å². The van der Waals surface area contributed by atoms with Gasteiger partial charge in [0.2, 0.25) is 0 Å². The molecule has 0 radical (unpaired) electrons. The van der Waals surface area contributed by atoms with Crippen LogP contribution in [0.3, 0.4) is 0 Å². The molecular weight excluding hydrogens is 466 g/mol. The van der Waals surface area contributed by atoms with Crippen LogP contribution >= 0.6 is 11.3 Å². The van der Waals surface area contributed by atoms with E-state index in [1.54, 1.807) is 20.8 Å². The van der Waals surface area contributed by atoms with Gasteiger partial charge in [-0.25, -0.2) is 27.3 Å².